The van der Waals surface area contributed by atoms with Gasteiger partial charge in [-0.05, 0) is 12.8 Å². The Bertz CT molecular complexity index is 439. The average Bonchev–Trinajstić information content (AvgIpc) is 2.62. The number of hydrogen-bond acceptors (Lipinski definition) is 4. The molecule has 0 radical (unpaired) electrons. The summed E-state index contributed by atoms with van der Waals surface area (Å²) in [7, 11) is 0. The molecule has 6 nitrogen and oxygen atoms in total. The van der Waals surface area contributed by atoms with Crippen molar-refractivity contribution in [1.29, 1.82) is 0 Å². The maximum Gasteiger partial charge on any atom is 0.305 e. The number of aliphatic imine (C=N–C) groups is 1. The van der Waals surface area contributed by atoms with Gasteiger partial charge in [-0.25, -0.2) is 0 Å². The lowest BCUT2D eigenvalue weighted by atomic mass is 10.2. The number of aliphatic carboxylic acids is 1. The summed E-state index contributed by atoms with van der Waals surface area (Å²) in [6, 6.07) is 0. The molecule has 0 unspecified atom stereocenters. The van der Waals surface area contributed by atoms with Crippen LogP contribution in [0.15, 0.2) is 17.4 Å². The zero-order valence-corrected chi connectivity index (χ0v) is 10.3. The van der Waals surface area contributed by atoms with Gasteiger partial charge < -0.3 is 10.4 Å². The quantitative estimate of drug-likeness (QED) is 0.853. The number of aromatic nitrogens is 2. The van der Waals surface area contributed by atoms with Crippen LogP contribution >= 0.6 is 0 Å². The van der Waals surface area contributed by atoms with Gasteiger partial charge in [-0.2, -0.15) is 5.10 Å². The molecule has 1 aliphatic heterocycles. The standard InChI is InChI=1S/C12H18N4O2/c17-12(18)5-7-16-9-10(8-14-16)15-11-4-2-1-3-6-13-11/h8-9H,1-7H2,(H,13,15)(H,17,18). The summed E-state index contributed by atoms with van der Waals surface area (Å²) in [5.41, 5.74) is 0.876. The van der Waals surface area contributed by atoms with Crippen LogP contribution in [-0.2, 0) is 11.3 Å². The molecule has 18 heavy (non-hydrogen) atoms. The van der Waals surface area contributed by atoms with Gasteiger partial charge >= 0.3 is 5.97 Å². The minimum Gasteiger partial charge on any atom is -0.481 e. The molecule has 0 saturated heterocycles. The van der Waals surface area contributed by atoms with Crippen molar-refractivity contribution in [3.8, 4) is 0 Å². The number of aryl methyl sites for hydroxylation is 1. The number of carboxylic acids is 1. The minimum absolute atomic E-state index is 0.0854. The van der Waals surface area contributed by atoms with Crippen molar-refractivity contribution in [3.05, 3.63) is 12.4 Å². The van der Waals surface area contributed by atoms with Crippen LogP contribution in [0.1, 0.15) is 32.1 Å². The van der Waals surface area contributed by atoms with E-state index in [1.54, 1.807) is 10.9 Å². The fraction of sp³-hybridized carbons (Fsp3) is 0.583. The molecule has 0 atom stereocenters. The number of nitrogens with zero attached hydrogens (tertiary/aromatic N) is 3. The molecule has 0 aromatic carbocycles. The van der Waals surface area contributed by atoms with Gasteiger partial charge in [0.05, 0.1) is 24.8 Å². The number of rotatable bonds is 4. The highest BCUT2D eigenvalue weighted by Crippen LogP contribution is 2.11. The molecular formula is C12H18N4O2. The van der Waals surface area contributed by atoms with Crippen molar-refractivity contribution in [2.75, 3.05) is 11.9 Å². The second-order valence-electron chi connectivity index (χ2n) is 4.40. The third kappa shape index (κ3) is 3.87. The number of carboxylic acid groups (broad SMARTS) is 1. The average molecular weight is 250 g/mol. The molecule has 0 bridgehead atoms. The van der Waals surface area contributed by atoms with Crippen LogP contribution in [0, 0.1) is 0 Å². The van der Waals surface area contributed by atoms with Crippen LogP contribution in [0.3, 0.4) is 0 Å². The van der Waals surface area contributed by atoms with Gasteiger partial charge in [0.2, 0.25) is 0 Å². The van der Waals surface area contributed by atoms with Crippen LogP contribution in [-0.4, -0.2) is 33.2 Å². The zero-order chi connectivity index (χ0) is 12.8. The molecule has 0 amide bonds. The maximum absolute atomic E-state index is 10.5. The van der Waals surface area contributed by atoms with E-state index in [9.17, 15) is 4.79 Å². The van der Waals surface area contributed by atoms with Crippen molar-refractivity contribution in [3.63, 3.8) is 0 Å². The normalized spacial score (nSPS) is 15.9. The molecule has 0 spiro atoms. The zero-order valence-electron chi connectivity index (χ0n) is 10.3. The number of hydrogen-bond donors (Lipinski definition) is 2. The Morgan fingerprint density at radius 3 is 3.17 bits per heavy atom. The summed E-state index contributed by atoms with van der Waals surface area (Å²) < 4.78 is 1.63. The molecule has 98 valence electrons. The Hall–Kier alpha value is -1.85. The molecule has 0 aliphatic carbocycles. The summed E-state index contributed by atoms with van der Waals surface area (Å²) in [6.07, 6.45) is 8.13. The molecule has 1 aromatic rings. The molecule has 1 aliphatic rings. The highest BCUT2D eigenvalue weighted by Gasteiger charge is 2.06. The number of anilines is 1. The molecule has 2 rings (SSSR count). The smallest absolute Gasteiger partial charge is 0.305 e. The summed E-state index contributed by atoms with van der Waals surface area (Å²) in [6.45, 7) is 1.28. The van der Waals surface area contributed by atoms with Crippen LogP contribution < -0.4 is 5.32 Å². The number of nitrogens with one attached hydrogen (secondary N) is 1. The molecule has 1 aromatic heterocycles. The maximum atomic E-state index is 10.5. The Kier molecular flexibility index (Phi) is 4.33. The van der Waals surface area contributed by atoms with Crippen molar-refractivity contribution < 1.29 is 9.90 Å². The van der Waals surface area contributed by atoms with Crippen molar-refractivity contribution in [2.45, 2.75) is 38.6 Å². The van der Waals surface area contributed by atoms with Crippen molar-refractivity contribution in [2.24, 2.45) is 4.99 Å². The van der Waals surface area contributed by atoms with E-state index in [0.29, 0.717) is 6.54 Å². The Labute approximate surface area is 106 Å². The summed E-state index contributed by atoms with van der Waals surface area (Å²) in [5, 5.41) is 16.0. The van der Waals surface area contributed by atoms with Crippen LogP contribution in [0.4, 0.5) is 5.69 Å². The third-order valence-corrected chi connectivity index (χ3v) is 2.85. The van der Waals surface area contributed by atoms with E-state index >= 15 is 0 Å². The SMILES string of the molecule is O=C(O)CCn1cc(NC2=NCCCCC2)cn1. The predicted octanol–water partition coefficient (Wildman–Crippen LogP) is 1.74. The fourth-order valence-electron chi connectivity index (χ4n) is 1.90. The van der Waals surface area contributed by atoms with Crippen molar-refractivity contribution >= 4 is 17.5 Å². The minimum atomic E-state index is -0.812. The van der Waals surface area contributed by atoms with E-state index in [-0.39, 0.29) is 6.42 Å². The van der Waals surface area contributed by atoms with E-state index in [1.165, 1.54) is 12.8 Å². The van der Waals surface area contributed by atoms with Gasteiger partial charge in [0.15, 0.2) is 0 Å². The topological polar surface area (TPSA) is 79.5 Å². The van der Waals surface area contributed by atoms with Gasteiger partial charge in [0.1, 0.15) is 5.84 Å². The first-order valence-electron chi connectivity index (χ1n) is 6.28. The lowest BCUT2D eigenvalue weighted by molar-refractivity contribution is -0.137. The Morgan fingerprint density at radius 1 is 1.44 bits per heavy atom. The van der Waals surface area contributed by atoms with Gasteiger partial charge in [0.25, 0.3) is 0 Å². The first kappa shape index (κ1) is 12.6. The Balaban J connectivity index is 1.89. The highest BCUT2D eigenvalue weighted by molar-refractivity contribution is 5.95. The van der Waals surface area contributed by atoms with Gasteiger partial charge in [-0.3, -0.25) is 14.5 Å². The largest absolute Gasteiger partial charge is 0.481 e. The van der Waals surface area contributed by atoms with Gasteiger partial charge in [-0.1, -0.05) is 6.42 Å². The summed E-state index contributed by atoms with van der Waals surface area (Å²) in [5.74, 6) is 0.193. The molecule has 0 fully saturated rings. The summed E-state index contributed by atoms with van der Waals surface area (Å²) in [4.78, 5) is 14.9. The fourth-order valence-corrected chi connectivity index (χ4v) is 1.90. The van der Waals surface area contributed by atoms with Crippen LogP contribution in [0.5, 0.6) is 0 Å². The molecule has 2 N–H and O–H groups in total. The number of carbonyl (C=O) groups is 1. The first-order chi connectivity index (χ1) is 8.74. The molecular weight excluding hydrogens is 232 g/mol. The molecule has 2 heterocycles. The van der Waals surface area contributed by atoms with E-state index in [2.05, 4.69) is 15.4 Å². The van der Waals surface area contributed by atoms with E-state index in [4.69, 9.17) is 5.11 Å². The monoisotopic (exact) mass is 250 g/mol. The Morgan fingerprint density at radius 2 is 2.33 bits per heavy atom. The highest BCUT2D eigenvalue weighted by atomic mass is 16.4. The lowest BCUT2D eigenvalue weighted by Gasteiger charge is -2.04. The second-order valence-corrected chi connectivity index (χ2v) is 4.40. The molecule has 0 saturated carbocycles. The van der Waals surface area contributed by atoms with Crippen LogP contribution in [0.2, 0.25) is 0 Å². The van der Waals surface area contributed by atoms with E-state index in [1.807, 2.05) is 6.20 Å². The van der Waals surface area contributed by atoms with E-state index in [0.717, 1.165) is 30.9 Å². The third-order valence-electron chi connectivity index (χ3n) is 2.85. The summed E-state index contributed by atoms with van der Waals surface area (Å²) >= 11 is 0. The lowest BCUT2D eigenvalue weighted by Crippen LogP contribution is -2.11. The second kappa shape index (κ2) is 6.18. The van der Waals surface area contributed by atoms with E-state index < -0.39 is 5.97 Å². The van der Waals surface area contributed by atoms with Gasteiger partial charge in [0, 0.05) is 19.2 Å². The van der Waals surface area contributed by atoms with Crippen molar-refractivity contribution in [1.82, 2.24) is 9.78 Å². The number of amidine groups is 1. The first-order valence-corrected chi connectivity index (χ1v) is 6.28. The predicted molar refractivity (Wildman–Crippen MR) is 68.9 cm³/mol. The van der Waals surface area contributed by atoms with Gasteiger partial charge in [-0.15, -0.1) is 0 Å². The molecule has 6 heteroatoms. The van der Waals surface area contributed by atoms with Crippen LogP contribution in [0.25, 0.3) is 0 Å².